The van der Waals surface area contributed by atoms with Gasteiger partial charge in [-0.15, -0.1) is 0 Å². The van der Waals surface area contributed by atoms with Crippen molar-refractivity contribution in [2.75, 3.05) is 13.2 Å². The number of halogens is 6. The summed E-state index contributed by atoms with van der Waals surface area (Å²) in [7, 11) is -4.62. The maximum absolute atomic E-state index is 12.9. The number of aliphatic hydroxyl groups is 1. The van der Waals surface area contributed by atoms with Gasteiger partial charge in [-0.05, 0) is 31.0 Å². The van der Waals surface area contributed by atoms with Crippen molar-refractivity contribution in [2.45, 2.75) is 42.6 Å². The summed E-state index contributed by atoms with van der Waals surface area (Å²) in [5, 5.41) is 9.27. The zero-order valence-corrected chi connectivity index (χ0v) is 13.5. The maximum Gasteiger partial charge on any atom is 0.416 e. The third kappa shape index (κ3) is 4.26. The van der Waals surface area contributed by atoms with Crippen LogP contribution in [0.5, 0.6) is 0 Å². The molecule has 25 heavy (non-hydrogen) atoms. The molecule has 4 nitrogen and oxygen atoms in total. The van der Waals surface area contributed by atoms with E-state index in [4.69, 9.17) is 0 Å². The van der Waals surface area contributed by atoms with E-state index in [1.807, 2.05) is 0 Å². The van der Waals surface area contributed by atoms with Crippen LogP contribution in [0.15, 0.2) is 23.1 Å². The number of piperidine rings is 1. The fourth-order valence-electron chi connectivity index (χ4n) is 2.68. The minimum atomic E-state index is -5.14. The van der Waals surface area contributed by atoms with E-state index in [-0.39, 0.29) is 31.2 Å². The fraction of sp³-hybridized carbons (Fsp3) is 0.571. The Labute approximate surface area is 140 Å². The van der Waals surface area contributed by atoms with Crippen LogP contribution >= 0.6 is 0 Å². The molecule has 1 heterocycles. The molecule has 1 aliphatic rings. The van der Waals surface area contributed by atoms with Crippen molar-refractivity contribution in [3.63, 3.8) is 0 Å². The highest BCUT2D eigenvalue weighted by molar-refractivity contribution is 7.89. The van der Waals surface area contributed by atoms with E-state index in [9.17, 15) is 39.9 Å². The van der Waals surface area contributed by atoms with Crippen LogP contribution in [0.4, 0.5) is 26.3 Å². The molecule has 2 rings (SSSR count). The molecular weight excluding hydrogens is 376 g/mol. The van der Waals surface area contributed by atoms with Gasteiger partial charge in [-0.3, -0.25) is 0 Å². The largest absolute Gasteiger partial charge is 0.416 e. The first kappa shape index (κ1) is 20.0. The minimum Gasteiger partial charge on any atom is -0.395 e. The van der Waals surface area contributed by atoms with E-state index in [2.05, 4.69) is 0 Å². The Hall–Kier alpha value is -1.33. The number of sulfonamides is 1. The van der Waals surface area contributed by atoms with E-state index >= 15 is 0 Å². The van der Waals surface area contributed by atoms with Crippen molar-refractivity contribution in [1.82, 2.24) is 4.31 Å². The van der Waals surface area contributed by atoms with Gasteiger partial charge in [-0.2, -0.15) is 30.6 Å². The molecule has 1 atom stereocenters. The predicted molar refractivity (Wildman–Crippen MR) is 75.1 cm³/mol. The van der Waals surface area contributed by atoms with Gasteiger partial charge in [-0.25, -0.2) is 8.42 Å². The Morgan fingerprint density at radius 2 is 1.52 bits per heavy atom. The number of rotatable bonds is 3. The fourth-order valence-corrected chi connectivity index (χ4v) is 4.44. The van der Waals surface area contributed by atoms with Crippen LogP contribution in [-0.4, -0.2) is 37.0 Å². The minimum absolute atomic E-state index is 0.0782. The number of hydrogen-bond acceptors (Lipinski definition) is 3. The summed E-state index contributed by atoms with van der Waals surface area (Å²) in [5.74, 6) is 0. The molecule has 0 aromatic heterocycles. The molecule has 0 radical (unpaired) electrons. The number of aliphatic hydroxyl groups excluding tert-OH is 1. The highest BCUT2D eigenvalue weighted by atomic mass is 32.2. The lowest BCUT2D eigenvalue weighted by Gasteiger charge is -2.33. The van der Waals surface area contributed by atoms with Gasteiger partial charge in [0.1, 0.15) is 0 Å². The summed E-state index contributed by atoms with van der Waals surface area (Å²) >= 11 is 0. The van der Waals surface area contributed by atoms with E-state index in [1.54, 1.807) is 0 Å². The Morgan fingerprint density at radius 1 is 1.00 bits per heavy atom. The second kappa shape index (κ2) is 6.76. The van der Waals surface area contributed by atoms with Crippen LogP contribution in [0.2, 0.25) is 0 Å². The van der Waals surface area contributed by atoms with Gasteiger partial charge in [0.25, 0.3) is 0 Å². The first-order valence-electron chi connectivity index (χ1n) is 7.29. The molecule has 0 bridgehead atoms. The number of nitrogens with zero attached hydrogens (tertiary/aromatic N) is 1. The van der Waals surface area contributed by atoms with Gasteiger partial charge in [0.2, 0.25) is 10.0 Å². The standard InChI is InChI=1S/C14H15F6NO3S/c15-13(16,17)9-5-10(14(18,19)20)7-12(6-9)25(23,24)21-4-2-1-3-11(21)8-22/h5-7,11,22H,1-4,8H2. The molecule has 0 saturated carbocycles. The van der Waals surface area contributed by atoms with Crippen LogP contribution in [0.1, 0.15) is 30.4 Å². The van der Waals surface area contributed by atoms with Crippen molar-refractivity contribution in [2.24, 2.45) is 0 Å². The molecule has 11 heteroatoms. The number of alkyl halides is 6. The predicted octanol–water partition coefficient (Wildman–Crippen LogP) is 3.26. The highest BCUT2D eigenvalue weighted by Gasteiger charge is 2.40. The zero-order chi connectivity index (χ0) is 19.0. The van der Waals surface area contributed by atoms with Crippen LogP contribution < -0.4 is 0 Å². The molecule has 1 fully saturated rings. The quantitative estimate of drug-likeness (QED) is 0.805. The lowest BCUT2D eigenvalue weighted by Crippen LogP contribution is -2.45. The molecule has 1 N–H and O–H groups in total. The highest BCUT2D eigenvalue weighted by Crippen LogP contribution is 2.38. The average Bonchev–Trinajstić information content (AvgIpc) is 2.52. The second-order valence-electron chi connectivity index (χ2n) is 5.69. The smallest absolute Gasteiger partial charge is 0.395 e. The normalized spacial score (nSPS) is 20.7. The molecule has 0 aliphatic carbocycles. The first-order valence-corrected chi connectivity index (χ1v) is 8.73. The molecule has 1 unspecified atom stereocenters. The molecular formula is C14H15F6NO3S. The van der Waals surface area contributed by atoms with E-state index < -0.39 is 51.0 Å². The van der Waals surface area contributed by atoms with Crippen molar-refractivity contribution in [3.8, 4) is 0 Å². The average molecular weight is 391 g/mol. The maximum atomic E-state index is 12.9. The van der Waals surface area contributed by atoms with Gasteiger partial charge in [0.05, 0.1) is 22.6 Å². The third-order valence-electron chi connectivity index (χ3n) is 3.95. The van der Waals surface area contributed by atoms with Crippen LogP contribution in [0.3, 0.4) is 0 Å². The summed E-state index contributed by atoms with van der Waals surface area (Å²) in [5.41, 5.74) is -3.39. The Bertz CT molecular complexity index is 697. The molecule has 142 valence electrons. The van der Waals surface area contributed by atoms with Crippen molar-refractivity contribution < 1.29 is 39.9 Å². The number of benzene rings is 1. The monoisotopic (exact) mass is 391 g/mol. The summed E-state index contributed by atoms with van der Waals surface area (Å²) in [6.45, 7) is -0.643. The van der Waals surface area contributed by atoms with Crippen molar-refractivity contribution in [1.29, 1.82) is 0 Å². The Morgan fingerprint density at radius 3 is 1.96 bits per heavy atom. The third-order valence-corrected chi connectivity index (χ3v) is 5.88. The molecule has 1 aromatic rings. The topological polar surface area (TPSA) is 57.6 Å². The van der Waals surface area contributed by atoms with Gasteiger partial charge in [0, 0.05) is 12.6 Å². The SMILES string of the molecule is O=S(=O)(c1cc(C(F)(F)F)cc(C(F)(F)F)c1)N1CCCCC1CO. The van der Waals surface area contributed by atoms with E-state index in [0.717, 1.165) is 4.31 Å². The molecule has 0 spiro atoms. The Balaban J connectivity index is 2.60. The van der Waals surface area contributed by atoms with Gasteiger partial charge >= 0.3 is 12.4 Å². The summed E-state index contributed by atoms with van der Waals surface area (Å²) in [6, 6.07) is -0.623. The summed E-state index contributed by atoms with van der Waals surface area (Å²) < 4.78 is 103. The van der Waals surface area contributed by atoms with Gasteiger partial charge in [0.15, 0.2) is 0 Å². The second-order valence-corrected chi connectivity index (χ2v) is 7.58. The van der Waals surface area contributed by atoms with Crippen LogP contribution in [0.25, 0.3) is 0 Å². The van der Waals surface area contributed by atoms with Crippen LogP contribution in [-0.2, 0) is 22.4 Å². The van der Waals surface area contributed by atoms with Gasteiger partial charge in [-0.1, -0.05) is 6.42 Å². The van der Waals surface area contributed by atoms with Gasteiger partial charge < -0.3 is 5.11 Å². The van der Waals surface area contributed by atoms with E-state index in [0.29, 0.717) is 12.8 Å². The number of hydrogen-bond donors (Lipinski definition) is 1. The summed E-state index contributed by atoms with van der Waals surface area (Å²) in [6.07, 6.45) is -8.98. The molecule has 1 aliphatic heterocycles. The molecule has 0 amide bonds. The lowest BCUT2D eigenvalue weighted by molar-refractivity contribution is -0.143. The lowest BCUT2D eigenvalue weighted by atomic mass is 10.1. The van der Waals surface area contributed by atoms with Crippen molar-refractivity contribution >= 4 is 10.0 Å². The molecule has 1 saturated heterocycles. The van der Waals surface area contributed by atoms with E-state index in [1.165, 1.54) is 0 Å². The van der Waals surface area contributed by atoms with Crippen LogP contribution in [0, 0.1) is 0 Å². The zero-order valence-electron chi connectivity index (χ0n) is 12.7. The summed E-state index contributed by atoms with van der Waals surface area (Å²) in [4.78, 5) is -1.09. The molecule has 1 aromatic carbocycles. The Kier molecular flexibility index (Phi) is 5.41. The first-order chi connectivity index (χ1) is 11.4. The van der Waals surface area contributed by atoms with Crippen molar-refractivity contribution in [3.05, 3.63) is 29.3 Å².